The summed E-state index contributed by atoms with van der Waals surface area (Å²) in [6.45, 7) is 0.271. The number of methoxy groups -OCH3 is 1. The predicted octanol–water partition coefficient (Wildman–Crippen LogP) is 1.44. The van der Waals surface area contributed by atoms with Crippen molar-refractivity contribution >= 4 is 17.7 Å². The van der Waals surface area contributed by atoms with Crippen LogP contribution in [0.4, 0.5) is 10.5 Å². The normalized spacial score (nSPS) is 9.95. The maximum absolute atomic E-state index is 11.8. The first-order valence-corrected chi connectivity index (χ1v) is 6.03. The number of hydrogen-bond donors (Lipinski definition) is 4. The molecule has 110 valence electrons. The number of amides is 2. The Balaban J connectivity index is 2.04. The van der Waals surface area contributed by atoms with Gasteiger partial charge in [0.1, 0.15) is 5.75 Å². The number of carboxylic acid groups (broad SMARTS) is 1. The number of imidazole rings is 1. The second-order valence-corrected chi connectivity index (χ2v) is 4.10. The number of rotatable bonds is 5. The fourth-order valence-corrected chi connectivity index (χ4v) is 1.66. The number of urea groups is 1. The van der Waals surface area contributed by atoms with Crippen molar-refractivity contribution in [2.45, 2.75) is 6.54 Å². The van der Waals surface area contributed by atoms with E-state index in [-0.39, 0.29) is 17.8 Å². The summed E-state index contributed by atoms with van der Waals surface area (Å²) in [6.07, 6.45) is 3.10. The third-order valence-electron chi connectivity index (χ3n) is 2.69. The Bertz CT molecular complexity index is 640. The molecule has 2 amide bonds. The molecular formula is C13H14N4O4. The molecule has 0 atom stereocenters. The van der Waals surface area contributed by atoms with Gasteiger partial charge in [-0.2, -0.15) is 0 Å². The third kappa shape index (κ3) is 3.72. The van der Waals surface area contributed by atoms with Gasteiger partial charge in [-0.15, -0.1) is 0 Å². The molecule has 8 nitrogen and oxygen atoms in total. The van der Waals surface area contributed by atoms with E-state index in [4.69, 9.17) is 9.84 Å². The zero-order valence-electron chi connectivity index (χ0n) is 11.2. The summed E-state index contributed by atoms with van der Waals surface area (Å²) in [5.74, 6) is -0.713. The van der Waals surface area contributed by atoms with Crippen LogP contribution < -0.4 is 15.4 Å². The number of H-pyrrole nitrogens is 1. The first kappa shape index (κ1) is 14.4. The van der Waals surface area contributed by atoms with E-state index in [1.54, 1.807) is 6.20 Å². The lowest BCUT2D eigenvalue weighted by Gasteiger charge is -2.11. The van der Waals surface area contributed by atoms with Crippen LogP contribution in [0, 0.1) is 0 Å². The number of nitrogens with zero attached hydrogens (tertiary/aromatic N) is 1. The summed E-state index contributed by atoms with van der Waals surface area (Å²) in [4.78, 5) is 29.4. The summed E-state index contributed by atoms with van der Waals surface area (Å²) in [6, 6.07) is 3.73. The molecule has 0 spiro atoms. The molecule has 1 aromatic carbocycles. The highest BCUT2D eigenvalue weighted by molar-refractivity contribution is 5.94. The van der Waals surface area contributed by atoms with Crippen LogP contribution in [-0.2, 0) is 6.54 Å². The van der Waals surface area contributed by atoms with Gasteiger partial charge in [0.2, 0.25) is 0 Å². The number of hydrogen-bond acceptors (Lipinski definition) is 4. The fourth-order valence-electron chi connectivity index (χ4n) is 1.66. The van der Waals surface area contributed by atoms with Crippen LogP contribution in [-0.4, -0.2) is 34.2 Å². The number of ether oxygens (including phenoxy) is 1. The molecule has 21 heavy (non-hydrogen) atoms. The first-order chi connectivity index (χ1) is 10.1. The molecule has 0 saturated heterocycles. The van der Waals surface area contributed by atoms with Crippen molar-refractivity contribution < 1.29 is 19.4 Å². The Morgan fingerprint density at radius 3 is 2.86 bits per heavy atom. The lowest BCUT2D eigenvalue weighted by atomic mass is 10.2. The molecule has 1 aromatic heterocycles. The van der Waals surface area contributed by atoms with Gasteiger partial charge in [0.25, 0.3) is 0 Å². The van der Waals surface area contributed by atoms with E-state index in [1.807, 2.05) is 0 Å². The Morgan fingerprint density at radius 2 is 2.24 bits per heavy atom. The van der Waals surface area contributed by atoms with Gasteiger partial charge >= 0.3 is 12.0 Å². The average molecular weight is 290 g/mol. The van der Waals surface area contributed by atoms with E-state index in [0.717, 1.165) is 5.69 Å². The molecular weight excluding hydrogens is 276 g/mol. The lowest BCUT2D eigenvalue weighted by molar-refractivity contribution is 0.0697. The molecule has 0 aliphatic rings. The molecule has 0 aliphatic carbocycles. The van der Waals surface area contributed by atoms with E-state index >= 15 is 0 Å². The standard InChI is InChI=1S/C13H14N4O4/c1-21-11-3-2-8(12(18)19)4-10(11)17-13(20)15-6-9-5-14-7-16-9/h2-5,7H,6H2,1H3,(H,14,16)(H,18,19)(H2,15,17,20). The summed E-state index contributed by atoms with van der Waals surface area (Å²) in [5, 5.41) is 14.1. The van der Waals surface area contributed by atoms with Crippen molar-refractivity contribution in [3.8, 4) is 5.75 Å². The van der Waals surface area contributed by atoms with E-state index in [2.05, 4.69) is 20.6 Å². The number of aromatic nitrogens is 2. The number of carboxylic acids is 1. The topological polar surface area (TPSA) is 116 Å². The molecule has 4 N–H and O–H groups in total. The van der Waals surface area contributed by atoms with E-state index in [1.165, 1.54) is 31.6 Å². The number of benzene rings is 1. The number of carbonyl (C=O) groups excluding carboxylic acids is 1. The van der Waals surface area contributed by atoms with Gasteiger partial charge in [0, 0.05) is 6.20 Å². The Kier molecular flexibility index (Phi) is 4.39. The Morgan fingerprint density at radius 1 is 1.43 bits per heavy atom. The zero-order chi connectivity index (χ0) is 15.2. The van der Waals surface area contributed by atoms with Gasteiger partial charge < -0.3 is 25.5 Å². The second kappa shape index (κ2) is 6.42. The van der Waals surface area contributed by atoms with Gasteiger partial charge in [0.05, 0.1) is 36.9 Å². The fraction of sp³-hybridized carbons (Fsp3) is 0.154. The largest absolute Gasteiger partial charge is 0.495 e. The van der Waals surface area contributed by atoms with Crippen molar-refractivity contribution in [3.05, 3.63) is 42.0 Å². The van der Waals surface area contributed by atoms with Gasteiger partial charge in [-0.3, -0.25) is 0 Å². The van der Waals surface area contributed by atoms with Crippen molar-refractivity contribution in [2.75, 3.05) is 12.4 Å². The minimum atomic E-state index is -1.08. The Hall–Kier alpha value is -3.03. The van der Waals surface area contributed by atoms with Crippen molar-refractivity contribution in [1.29, 1.82) is 0 Å². The number of nitrogens with one attached hydrogen (secondary N) is 3. The highest BCUT2D eigenvalue weighted by Crippen LogP contribution is 2.25. The summed E-state index contributed by atoms with van der Waals surface area (Å²) >= 11 is 0. The van der Waals surface area contributed by atoms with Crippen LogP contribution in [0.5, 0.6) is 5.75 Å². The SMILES string of the molecule is COc1ccc(C(=O)O)cc1NC(=O)NCc1cnc[nH]1. The molecule has 1 heterocycles. The van der Waals surface area contributed by atoms with Gasteiger partial charge in [-0.05, 0) is 18.2 Å². The number of aromatic carboxylic acids is 1. The van der Waals surface area contributed by atoms with E-state index in [9.17, 15) is 9.59 Å². The van der Waals surface area contributed by atoms with Gasteiger partial charge in [-0.25, -0.2) is 14.6 Å². The van der Waals surface area contributed by atoms with Crippen LogP contribution in [0.2, 0.25) is 0 Å². The zero-order valence-corrected chi connectivity index (χ0v) is 11.2. The first-order valence-electron chi connectivity index (χ1n) is 6.03. The molecule has 0 bridgehead atoms. The monoisotopic (exact) mass is 290 g/mol. The molecule has 2 rings (SSSR count). The molecule has 0 saturated carbocycles. The van der Waals surface area contributed by atoms with Crippen LogP contribution in [0.15, 0.2) is 30.7 Å². The Labute approximate surface area is 120 Å². The predicted molar refractivity (Wildman–Crippen MR) is 74.4 cm³/mol. The second-order valence-electron chi connectivity index (χ2n) is 4.10. The molecule has 8 heteroatoms. The smallest absolute Gasteiger partial charge is 0.335 e. The average Bonchev–Trinajstić information content (AvgIpc) is 2.98. The van der Waals surface area contributed by atoms with E-state index in [0.29, 0.717) is 5.75 Å². The van der Waals surface area contributed by atoms with Crippen LogP contribution >= 0.6 is 0 Å². The minimum absolute atomic E-state index is 0.0552. The highest BCUT2D eigenvalue weighted by atomic mass is 16.5. The summed E-state index contributed by atoms with van der Waals surface area (Å²) < 4.78 is 5.08. The van der Waals surface area contributed by atoms with Crippen LogP contribution in [0.1, 0.15) is 16.1 Å². The lowest BCUT2D eigenvalue weighted by Crippen LogP contribution is -2.28. The van der Waals surface area contributed by atoms with Gasteiger partial charge in [0.15, 0.2) is 0 Å². The minimum Gasteiger partial charge on any atom is -0.495 e. The molecule has 2 aromatic rings. The summed E-state index contributed by atoms with van der Waals surface area (Å²) in [7, 11) is 1.43. The maximum Gasteiger partial charge on any atom is 0.335 e. The van der Waals surface area contributed by atoms with Crippen molar-refractivity contribution in [2.24, 2.45) is 0 Å². The third-order valence-corrected chi connectivity index (χ3v) is 2.69. The number of aromatic amines is 1. The van der Waals surface area contributed by atoms with Crippen LogP contribution in [0.3, 0.4) is 0 Å². The molecule has 0 fully saturated rings. The van der Waals surface area contributed by atoms with Crippen molar-refractivity contribution in [3.63, 3.8) is 0 Å². The molecule has 0 radical (unpaired) electrons. The molecule has 0 unspecified atom stereocenters. The van der Waals surface area contributed by atoms with E-state index < -0.39 is 12.0 Å². The van der Waals surface area contributed by atoms with Crippen molar-refractivity contribution in [1.82, 2.24) is 15.3 Å². The van der Waals surface area contributed by atoms with Gasteiger partial charge in [-0.1, -0.05) is 0 Å². The highest BCUT2D eigenvalue weighted by Gasteiger charge is 2.11. The quantitative estimate of drug-likeness (QED) is 0.665. The molecule has 0 aliphatic heterocycles. The maximum atomic E-state index is 11.8. The number of carbonyl (C=O) groups is 2. The summed E-state index contributed by atoms with van der Waals surface area (Å²) in [5.41, 5.74) is 1.08. The number of anilines is 1. The van der Waals surface area contributed by atoms with Crippen LogP contribution in [0.25, 0.3) is 0 Å².